The van der Waals surface area contributed by atoms with Crippen molar-refractivity contribution in [3.63, 3.8) is 0 Å². The van der Waals surface area contributed by atoms with Gasteiger partial charge in [0.2, 0.25) is 0 Å². The number of methoxy groups -OCH3 is 1. The van der Waals surface area contributed by atoms with E-state index >= 15 is 0 Å². The van der Waals surface area contributed by atoms with Crippen LogP contribution < -0.4 is 14.8 Å². The molecular weight excluding hydrogens is 406 g/mol. The minimum atomic E-state index is -0.385. The summed E-state index contributed by atoms with van der Waals surface area (Å²) in [5.41, 5.74) is 2.29. The molecule has 5 aromatic rings. The number of ether oxygens (including phenoxy) is 2. The van der Waals surface area contributed by atoms with Crippen LogP contribution in [0.25, 0.3) is 32.7 Å². The molecule has 0 radical (unpaired) electrons. The first-order chi connectivity index (χ1) is 15.7. The average molecular weight is 425 g/mol. The van der Waals surface area contributed by atoms with Crippen LogP contribution in [0.4, 0.5) is 5.69 Å². The molecule has 0 aliphatic rings. The first kappa shape index (κ1) is 19.6. The number of anilines is 1. The van der Waals surface area contributed by atoms with Crippen molar-refractivity contribution in [3.05, 3.63) is 78.4 Å². The second-order valence-electron chi connectivity index (χ2n) is 7.30. The Kier molecular flexibility index (Phi) is 4.95. The third-order valence-corrected chi connectivity index (χ3v) is 5.38. The van der Waals surface area contributed by atoms with Gasteiger partial charge in [-0.25, -0.2) is 0 Å². The van der Waals surface area contributed by atoms with Gasteiger partial charge in [0.05, 0.1) is 18.4 Å². The number of rotatable bonds is 6. The molecule has 0 spiro atoms. The third kappa shape index (κ3) is 3.41. The Hall–Kier alpha value is -4.32. The third-order valence-electron chi connectivity index (χ3n) is 5.38. The fourth-order valence-electron chi connectivity index (χ4n) is 3.87. The summed E-state index contributed by atoms with van der Waals surface area (Å²) in [4.78, 5) is 24.3. The van der Waals surface area contributed by atoms with Crippen LogP contribution in [-0.4, -0.2) is 25.9 Å². The number of carbonyl (C=O) groups is 2. The first-order valence-electron chi connectivity index (χ1n) is 10.1. The number of para-hydroxylation sites is 1. The summed E-state index contributed by atoms with van der Waals surface area (Å²) in [5.74, 6) is 0.481. The predicted molar refractivity (Wildman–Crippen MR) is 124 cm³/mol. The summed E-state index contributed by atoms with van der Waals surface area (Å²) < 4.78 is 17.0. The zero-order chi connectivity index (χ0) is 22.1. The van der Waals surface area contributed by atoms with Crippen molar-refractivity contribution in [1.29, 1.82) is 0 Å². The maximum Gasteiger partial charge on any atom is 0.262 e. The van der Waals surface area contributed by atoms with Crippen LogP contribution >= 0.6 is 0 Å². The molecular formula is C26H19NO5. The van der Waals surface area contributed by atoms with Crippen molar-refractivity contribution in [2.75, 3.05) is 19.0 Å². The summed E-state index contributed by atoms with van der Waals surface area (Å²) in [6.07, 6.45) is 0.744. The summed E-state index contributed by atoms with van der Waals surface area (Å²) in [6, 6.07) is 22.4. The smallest absolute Gasteiger partial charge is 0.262 e. The second-order valence-corrected chi connectivity index (χ2v) is 7.30. The molecule has 6 heteroatoms. The molecule has 1 N–H and O–H groups in total. The number of nitrogens with one attached hydrogen (secondary N) is 1. The Morgan fingerprint density at radius 2 is 1.69 bits per heavy atom. The molecule has 0 atom stereocenters. The van der Waals surface area contributed by atoms with Gasteiger partial charge in [0, 0.05) is 16.8 Å². The number of fused-ring (bicyclic) bond motifs is 4. The van der Waals surface area contributed by atoms with E-state index in [1.807, 2.05) is 60.7 Å². The summed E-state index contributed by atoms with van der Waals surface area (Å²) in [7, 11) is 1.54. The fourth-order valence-corrected chi connectivity index (χ4v) is 3.87. The number of furan rings is 1. The van der Waals surface area contributed by atoms with Crippen LogP contribution in [0.5, 0.6) is 11.5 Å². The van der Waals surface area contributed by atoms with Gasteiger partial charge in [0.1, 0.15) is 22.7 Å². The van der Waals surface area contributed by atoms with Gasteiger partial charge in [-0.1, -0.05) is 48.5 Å². The SMILES string of the molecule is COc1cc2c(cc1NC(=O)COc1ccc3ccccc3c1C=O)oc1ccccc12. The monoisotopic (exact) mass is 425 g/mol. The van der Waals surface area contributed by atoms with E-state index < -0.39 is 0 Å². The Morgan fingerprint density at radius 1 is 0.906 bits per heavy atom. The maximum absolute atomic E-state index is 12.6. The molecule has 6 nitrogen and oxygen atoms in total. The Balaban J connectivity index is 1.39. The minimum absolute atomic E-state index is 0.263. The zero-order valence-electron chi connectivity index (χ0n) is 17.3. The molecule has 32 heavy (non-hydrogen) atoms. The van der Waals surface area contributed by atoms with Gasteiger partial charge in [-0.2, -0.15) is 0 Å². The van der Waals surface area contributed by atoms with Gasteiger partial charge >= 0.3 is 0 Å². The number of amides is 1. The lowest BCUT2D eigenvalue weighted by molar-refractivity contribution is -0.118. The van der Waals surface area contributed by atoms with Crippen LogP contribution in [0, 0.1) is 0 Å². The first-order valence-corrected chi connectivity index (χ1v) is 10.1. The van der Waals surface area contributed by atoms with Gasteiger partial charge in [-0.05, 0) is 29.0 Å². The Morgan fingerprint density at radius 3 is 2.50 bits per heavy atom. The molecule has 0 saturated carbocycles. The highest BCUT2D eigenvalue weighted by molar-refractivity contribution is 6.08. The molecule has 5 rings (SSSR count). The van der Waals surface area contributed by atoms with E-state index in [2.05, 4.69) is 5.32 Å². The maximum atomic E-state index is 12.6. The van der Waals surface area contributed by atoms with E-state index in [1.165, 1.54) is 0 Å². The zero-order valence-corrected chi connectivity index (χ0v) is 17.3. The molecule has 0 aliphatic carbocycles. The van der Waals surface area contributed by atoms with Crippen LogP contribution in [0.15, 0.2) is 77.2 Å². The Bertz CT molecular complexity index is 1480. The number of hydrogen-bond donors (Lipinski definition) is 1. The van der Waals surface area contributed by atoms with Crippen molar-refractivity contribution in [1.82, 2.24) is 0 Å². The van der Waals surface area contributed by atoms with Crippen molar-refractivity contribution in [2.45, 2.75) is 0 Å². The van der Waals surface area contributed by atoms with E-state index in [0.29, 0.717) is 28.3 Å². The molecule has 158 valence electrons. The molecule has 0 fully saturated rings. The van der Waals surface area contributed by atoms with Gasteiger partial charge < -0.3 is 19.2 Å². The highest BCUT2D eigenvalue weighted by atomic mass is 16.5. The van der Waals surface area contributed by atoms with E-state index in [-0.39, 0.29) is 12.5 Å². The van der Waals surface area contributed by atoms with Crippen molar-refractivity contribution in [2.24, 2.45) is 0 Å². The fraction of sp³-hybridized carbons (Fsp3) is 0.0769. The van der Waals surface area contributed by atoms with Gasteiger partial charge in [-0.3, -0.25) is 9.59 Å². The Labute approximate surface area is 183 Å². The lowest BCUT2D eigenvalue weighted by Crippen LogP contribution is -2.21. The molecule has 0 aliphatic heterocycles. The lowest BCUT2D eigenvalue weighted by Gasteiger charge is -2.13. The molecule has 1 aromatic heterocycles. The van der Waals surface area contributed by atoms with Gasteiger partial charge in [0.15, 0.2) is 12.9 Å². The van der Waals surface area contributed by atoms with Crippen molar-refractivity contribution < 1.29 is 23.5 Å². The lowest BCUT2D eigenvalue weighted by atomic mass is 10.0. The van der Waals surface area contributed by atoms with Crippen molar-refractivity contribution >= 4 is 50.6 Å². The number of hydrogen-bond acceptors (Lipinski definition) is 5. The topological polar surface area (TPSA) is 77.8 Å². The molecule has 0 bridgehead atoms. The molecule has 0 saturated heterocycles. The number of carbonyl (C=O) groups excluding carboxylic acids is 2. The van der Waals surface area contributed by atoms with Crippen LogP contribution in [-0.2, 0) is 4.79 Å². The molecule has 4 aromatic carbocycles. The van der Waals surface area contributed by atoms with Gasteiger partial charge in [-0.15, -0.1) is 0 Å². The standard InChI is InChI=1S/C26H19NO5/c1-30-25-12-19-18-8-4-5-9-23(18)32-24(19)13-21(25)27-26(29)15-31-22-11-10-16-6-2-3-7-17(16)20(22)14-28/h2-14H,15H2,1H3,(H,27,29). The molecule has 1 amide bonds. The van der Waals surface area contributed by atoms with E-state index in [9.17, 15) is 9.59 Å². The van der Waals surface area contributed by atoms with Crippen LogP contribution in [0.1, 0.15) is 10.4 Å². The van der Waals surface area contributed by atoms with E-state index in [4.69, 9.17) is 13.9 Å². The van der Waals surface area contributed by atoms with Gasteiger partial charge in [0.25, 0.3) is 5.91 Å². The minimum Gasteiger partial charge on any atom is -0.495 e. The second kappa shape index (κ2) is 8.07. The number of benzene rings is 4. The highest BCUT2D eigenvalue weighted by Gasteiger charge is 2.15. The van der Waals surface area contributed by atoms with Crippen molar-refractivity contribution in [3.8, 4) is 11.5 Å². The van der Waals surface area contributed by atoms with E-state index in [1.54, 1.807) is 19.2 Å². The summed E-state index contributed by atoms with van der Waals surface area (Å²) in [5, 5.41) is 6.38. The molecule has 1 heterocycles. The summed E-state index contributed by atoms with van der Waals surface area (Å²) >= 11 is 0. The molecule has 0 unspecified atom stereocenters. The normalized spacial score (nSPS) is 11.0. The highest BCUT2D eigenvalue weighted by Crippen LogP contribution is 2.36. The van der Waals surface area contributed by atoms with Crippen LogP contribution in [0.2, 0.25) is 0 Å². The van der Waals surface area contributed by atoms with E-state index in [0.717, 1.165) is 33.4 Å². The average Bonchev–Trinajstić information content (AvgIpc) is 3.19. The van der Waals surface area contributed by atoms with Crippen LogP contribution in [0.3, 0.4) is 0 Å². The predicted octanol–water partition coefficient (Wildman–Crippen LogP) is 5.58. The quantitative estimate of drug-likeness (QED) is 0.360. The largest absolute Gasteiger partial charge is 0.495 e. The number of aldehydes is 1. The summed E-state index contributed by atoms with van der Waals surface area (Å²) in [6.45, 7) is -0.263.